The van der Waals surface area contributed by atoms with Gasteiger partial charge in [-0.1, -0.05) is 11.6 Å². The standard InChI is InChI=1S/C11H16N4O/c16-11(10-2-1-3-10)14-6-9(7-14)8-15-5-4-12-13-15/h4-5,9-10H,1-3,6-8H2. The lowest BCUT2D eigenvalue weighted by molar-refractivity contribution is -0.145. The monoisotopic (exact) mass is 220 g/mol. The molecule has 1 saturated heterocycles. The lowest BCUT2D eigenvalue weighted by Crippen LogP contribution is -2.54. The van der Waals surface area contributed by atoms with E-state index < -0.39 is 0 Å². The van der Waals surface area contributed by atoms with Gasteiger partial charge in [-0.15, -0.1) is 5.10 Å². The highest BCUT2D eigenvalue weighted by atomic mass is 16.2. The third kappa shape index (κ3) is 1.70. The fraction of sp³-hybridized carbons (Fsp3) is 0.727. The zero-order valence-corrected chi connectivity index (χ0v) is 9.25. The third-order valence-electron chi connectivity index (χ3n) is 3.64. The van der Waals surface area contributed by atoms with Crippen LogP contribution in [0.4, 0.5) is 0 Å². The van der Waals surface area contributed by atoms with Crippen molar-refractivity contribution in [1.82, 2.24) is 19.9 Å². The Kier molecular flexibility index (Phi) is 2.38. The minimum atomic E-state index is 0.340. The Hall–Kier alpha value is -1.39. The number of rotatable bonds is 3. The van der Waals surface area contributed by atoms with Crippen molar-refractivity contribution < 1.29 is 4.79 Å². The Balaban J connectivity index is 1.45. The summed E-state index contributed by atoms with van der Waals surface area (Å²) in [6, 6.07) is 0. The Morgan fingerprint density at radius 1 is 1.38 bits per heavy atom. The summed E-state index contributed by atoms with van der Waals surface area (Å²) < 4.78 is 1.84. The van der Waals surface area contributed by atoms with Crippen molar-refractivity contribution in [2.24, 2.45) is 11.8 Å². The first-order chi connectivity index (χ1) is 7.83. The number of carbonyl (C=O) groups is 1. The predicted octanol–water partition coefficient (Wildman–Crippen LogP) is 0.537. The lowest BCUT2D eigenvalue weighted by Gasteiger charge is -2.42. The normalized spacial score (nSPS) is 21.6. The second-order valence-electron chi connectivity index (χ2n) is 4.86. The molecular weight excluding hydrogens is 204 g/mol. The number of hydrogen-bond acceptors (Lipinski definition) is 3. The molecule has 1 aromatic heterocycles. The maximum atomic E-state index is 11.8. The summed E-state index contributed by atoms with van der Waals surface area (Å²) in [5.74, 6) is 1.28. The average Bonchev–Trinajstić information content (AvgIpc) is 2.59. The Morgan fingerprint density at radius 2 is 2.19 bits per heavy atom. The topological polar surface area (TPSA) is 51.0 Å². The maximum absolute atomic E-state index is 11.8. The summed E-state index contributed by atoms with van der Waals surface area (Å²) in [4.78, 5) is 13.8. The van der Waals surface area contributed by atoms with Crippen LogP contribution in [0.2, 0.25) is 0 Å². The van der Waals surface area contributed by atoms with E-state index in [1.807, 2.05) is 15.8 Å². The molecule has 5 heteroatoms. The smallest absolute Gasteiger partial charge is 0.225 e. The van der Waals surface area contributed by atoms with Crippen LogP contribution in [0.3, 0.4) is 0 Å². The molecule has 1 aromatic rings. The van der Waals surface area contributed by atoms with E-state index in [0.29, 0.717) is 17.7 Å². The Labute approximate surface area is 94.4 Å². The molecule has 0 radical (unpaired) electrons. The van der Waals surface area contributed by atoms with Gasteiger partial charge in [-0.05, 0) is 12.8 Å². The van der Waals surface area contributed by atoms with Crippen molar-refractivity contribution in [2.45, 2.75) is 25.8 Å². The van der Waals surface area contributed by atoms with Crippen LogP contribution >= 0.6 is 0 Å². The van der Waals surface area contributed by atoms with Crippen LogP contribution < -0.4 is 0 Å². The molecule has 0 bridgehead atoms. The Bertz CT molecular complexity index is 365. The second-order valence-corrected chi connectivity index (χ2v) is 4.86. The maximum Gasteiger partial charge on any atom is 0.225 e. The molecule has 5 nitrogen and oxygen atoms in total. The SMILES string of the molecule is O=C(C1CCC1)N1CC(Cn2ccnn2)C1. The molecule has 0 unspecified atom stereocenters. The molecule has 0 N–H and O–H groups in total. The first kappa shape index (κ1) is 9.81. The van der Waals surface area contributed by atoms with Crippen molar-refractivity contribution in [3.8, 4) is 0 Å². The fourth-order valence-electron chi connectivity index (χ4n) is 2.37. The molecule has 0 atom stereocenters. The zero-order valence-electron chi connectivity index (χ0n) is 9.25. The number of carbonyl (C=O) groups excluding carboxylic acids is 1. The average molecular weight is 220 g/mol. The predicted molar refractivity (Wildman–Crippen MR) is 57.4 cm³/mol. The summed E-state index contributed by atoms with van der Waals surface area (Å²) in [6.07, 6.45) is 6.99. The molecule has 2 aliphatic rings. The van der Waals surface area contributed by atoms with Crippen LogP contribution in [-0.4, -0.2) is 38.9 Å². The van der Waals surface area contributed by atoms with E-state index in [9.17, 15) is 4.79 Å². The van der Waals surface area contributed by atoms with Crippen LogP contribution in [0.25, 0.3) is 0 Å². The van der Waals surface area contributed by atoms with E-state index >= 15 is 0 Å². The van der Waals surface area contributed by atoms with E-state index in [2.05, 4.69) is 10.3 Å². The van der Waals surface area contributed by atoms with Crippen molar-refractivity contribution in [1.29, 1.82) is 0 Å². The molecule has 16 heavy (non-hydrogen) atoms. The van der Waals surface area contributed by atoms with Crippen LogP contribution in [0.1, 0.15) is 19.3 Å². The fourth-order valence-corrected chi connectivity index (χ4v) is 2.37. The summed E-state index contributed by atoms with van der Waals surface area (Å²) in [5.41, 5.74) is 0. The summed E-state index contributed by atoms with van der Waals surface area (Å²) >= 11 is 0. The summed E-state index contributed by atoms with van der Waals surface area (Å²) in [6.45, 7) is 2.68. The third-order valence-corrected chi connectivity index (χ3v) is 3.64. The molecule has 1 amide bonds. The van der Waals surface area contributed by atoms with Gasteiger partial charge in [0.25, 0.3) is 0 Å². The second kappa shape index (κ2) is 3.88. The quantitative estimate of drug-likeness (QED) is 0.747. The van der Waals surface area contributed by atoms with Gasteiger partial charge in [0, 0.05) is 37.7 Å². The van der Waals surface area contributed by atoms with Gasteiger partial charge in [0.1, 0.15) is 0 Å². The van der Waals surface area contributed by atoms with E-state index in [1.165, 1.54) is 6.42 Å². The van der Waals surface area contributed by atoms with Gasteiger partial charge in [0.05, 0.1) is 6.20 Å². The molecule has 1 aliphatic carbocycles. The number of nitrogens with zero attached hydrogens (tertiary/aromatic N) is 4. The molecule has 2 fully saturated rings. The minimum absolute atomic E-state index is 0.340. The van der Waals surface area contributed by atoms with Crippen molar-refractivity contribution in [2.75, 3.05) is 13.1 Å². The molecular formula is C11H16N4O. The molecule has 0 aromatic carbocycles. The number of likely N-dealkylation sites (tertiary alicyclic amines) is 1. The summed E-state index contributed by atoms with van der Waals surface area (Å²) in [7, 11) is 0. The van der Waals surface area contributed by atoms with Gasteiger partial charge < -0.3 is 4.90 Å². The summed E-state index contributed by atoms with van der Waals surface area (Å²) in [5, 5.41) is 7.70. The molecule has 1 aliphatic heterocycles. The largest absolute Gasteiger partial charge is 0.342 e. The van der Waals surface area contributed by atoms with Crippen molar-refractivity contribution >= 4 is 5.91 Å². The van der Waals surface area contributed by atoms with Crippen LogP contribution in [0.5, 0.6) is 0 Å². The highest BCUT2D eigenvalue weighted by Gasteiger charge is 2.36. The van der Waals surface area contributed by atoms with Gasteiger partial charge in [-0.3, -0.25) is 9.48 Å². The molecule has 0 spiro atoms. The number of amides is 1. The van der Waals surface area contributed by atoms with Crippen molar-refractivity contribution in [3.05, 3.63) is 12.4 Å². The molecule has 2 heterocycles. The van der Waals surface area contributed by atoms with E-state index in [0.717, 1.165) is 32.5 Å². The van der Waals surface area contributed by atoms with Crippen molar-refractivity contribution in [3.63, 3.8) is 0 Å². The lowest BCUT2D eigenvalue weighted by atomic mass is 9.83. The zero-order chi connectivity index (χ0) is 11.0. The first-order valence-corrected chi connectivity index (χ1v) is 5.96. The van der Waals surface area contributed by atoms with E-state index in [4.69, 9.17) is 0 Å². The van der Waals surface area contributed by atoms with Crippen LogP contribution in [0, 0.1) is 11.8 Å². The Morgan fingerprint density at radius 3 is 2.75 bits per heavy atom. The van der Waals surface area contributed by atoms with E-state index in [1.54, 1.807) is 6.20 Å². The molecule has 3 rings (SSSR count). The molecule has 86 valence electrons. The number of aromatic nitrogens is 3. The van der Waals surface area contributed by atoms with E-state index in [-0.39, 0.29) is 0 Å². The highest BCUT2D eigenvalue weighted by molar-refractivity contribution is 5.80. The van der Waals surface area contributed by atoms with Gasteiger partial charge in [-0.25, -0.2) is 0 Å². The van der Waals surface area contributed by atoms with Gasteiger partial charge in [0.2, 0.25) is 5.91 Å². The van der Waals surface area contributed by atoms with Gasteiger partial charge >= 0.3 is 0 Å². The first-order valence-electron chi connectivity index (χ1n) is 5.96. The highest BCUT2D eigenvalue weighted by Crippen LogP contribution is 2.31. The number of hydrogen-bond donors (Lipinski definition) is 0. The van der Waals surface area contributed by atoms with Crippen LogP contribution in [0.15, 0.2) is 12.4 Å². The minimum Gasteiger partial charge on any atom is -0.342 e. The molecule has 1 saturated carbocycles. The van der Waals surface area contributed by atoms with Gasteiger partial charge in [-0.2, -0.15) is 0 Å². The van der Waals surface area contributed by atoms with Gasteiger partial charge in [0.15, 0.2) is 0 Å². The van der Waals surface area contributed by atoms with Crippen LogP contribution in [-0.2, 0) is 11.3 Å².